The number of thiazole rings is 1. The van der Waals surface area contributed by atoms with Gasteiger partial charge in [0.25, 0.3) is 5.91 Å². The summed E-state index contributed by atoms with van der Waals surface area (Å²) in [6, 6.07) is 5.17. The SMILES string of the molecule is Cc1c(Cl)cccc1NC(=O)c1cnc(C(=O)O)s1. The second-order valence-electron chi connectivity index (χ2n) is 3.70. The van der Waals surface area contributed by atoms with Crippen LogP contribution in [0.4, 0.5) is 5.69 Å². The Kier molecular flexibility index (Phi) is 3.82. The molecule has 98 valence electrons. The van der Waals surface area contributed by atoms with E-state index < -0.39 is 11.9 Å². The topological polar surface area (TPSA) is 79.3 Å². The van der Waals surface area contributed by atoms with Gasteiger partial charge in [0.2, 0.25) is 5.01 Å². The maximum atomic E-state index is 11.9. The largest absolute Gasteiger partial charge is 0.476 e. The molecule has 0 radical (unpaired) electrons. The number of benzene rings is 1. The minimum absolute atomic E-state index is 0.118. The molecular formula is C12H9ClN2O3S. The number of nitrogens with zero attached hydrogens (tertiary/aromatic N) is 1. The highest BCUT2D eigenvalue weighted by atomic mass is 35.5. The molecule has 0 aliphatic carbocycles. The van der Waals surface area contributed by atoms with Gasteiger partial charge in [0.1, 0.15) is 4.88 Å². The van der Waals surface area contributed by atoms with Gasteiger partial charge < -0.3 is 10.4 Å². The third-order valence-electron chi connectivity index (χ3n) is 2.43. The Hall–Kier alpha value is -1.92. The third kappa shape index (κ3) is 2.91. The van der Waals surface area contributed by atoms with Gasteiger partial charge in [0.15, 0.2) is 0 Å². The lowest BCUT2D eigenvalue weighted by molar-refractivity contribution is 0.0696. The fraction of sp³-hybridized carbons (Fsp3) is 0.0833. The molecule has 7 heteroatoms. The minimum atomic E-state index is -1.15. The molecule has 1 amide bonds. The number of anilines is 1. The summed E-state index contributed by atoms with van der Waals surface area (Å²) in [5.74, 6) is -1.56. The summed E-state index contributed by atoms with van der Waals surface area (Å²) >= 11 is 6.77. The maximum absolute atomic E-state index is 11.9. The predicted octanol–water partition coefficient (Wildman–Crippen LogP) is 3.06. The highest BCUT2D eigenvalue weighted by molar-refractivity contribution is 7.15. The maximum Gasteiger partial charge on any atom is 0.365 e. The molecule has 0 saturated heterocycles. The molecule has 2 N–H and O–H groups in total. The quantitative estimate of drug-likeness (QED) is 0.912. The number of carbonyl (C=O) groups excluding carboxylic acids is 1. The zero-order chi connectivity index (χ0) is 14.0. The molecule has 0 aliphatic heterocycles. The second-order valence-corrected chi connectivity index (χ2v) is 5.14. The van der Waals surface area contributed by atoms with Crippen molar-refractivity contribution in [1.29, 1.82) is 0 Å². The van der Waals surface area contributed by atoms with Crippen LogP contribution in [0.1, 0.15) is 25.0 Å². The van der Waals surface area contributed by atoms with E-state index in [1.807, 2.05) is 0 Å². The van der Waals surface area contributed by atoms with Gasteiger partial charge in [-0.25, -0.2) is 9.78 Å². The molecule has 0 aliphatic rings. The van der Waals surface area contributed by atoms with Crippen LogP contribution in [-0.2, 0) is 0 Å². The molecule has 0 unspecified atom stereocenters. The van der Waals surface area contributed by atoms with Gasteiger partial charge in [-0.05, 0) is 24.6 Å². The smallest absolute Gasteiger partial charge is 0.365 e. The van der Waals surface area contributed by atoms with E-state index in [4.69, 9.17) is 16.7 Å². The second kappa shape index (κ2) is 5.38. The number of rotatable bonds is 3. The molecule has 0 atom stereocenters. The van der Waals surface area contributed by atoms with E-state index >= 15 is 0 Å². The molecule has 1 aromatic carbocycles. The van der Waals surface area contributed by atoms with Crippen molar-refractivity contribution in [2.75, 3.05) is 5.32 Å². The number of carbonyl (C=O) groups is 2. The summed E-state index contributed by atoms with van der Waals surface area (Å²) in [6.45, 7) is 1.79. The minimum Gasteiger partial charge on any atom is -0.476 e. The molecule has 19 heavy (non-hydrogen) atoms. The van der Waals surface area contributed by atoms with Gasteiger partial charge >= 0.3 is 5.97 Å². The summed E-state index contributed by atoms with van der Waals surface area (Å²) in [6.07, 6.45) is 1.24. The third-order valence-corrected chi connectivity index (χ3v) is 3.82. The fourth-order valence-electron chi connectivity index (χ4n) is 1.40. The molecule has 2 rings (SSSR count). The first-order chi connectivity index (χ1) is 8.99. The number of amides is 1. The highest BCUT2D eigenvalue weighted by Gasteiger charge is 2.15. The van der Waals surface area contributed by atoms with Gasteiger partial charge in [-0.15, -0.1) is 11.3 Å². The molecule has 0 saturated carbocycles. The Bertz CT molecular complexity index is 654. The van der Waals surface area contributed by atoms with E-state index in [1.54, 1.807) is 25.1 Å². The molecular weight excluding hydrogens is 288 g/mol. The number of nitrogens with one attached hydrogen (secondary N) is 1. The van der Waals surface area contributed by atoms with E-state index in [9.17, 15) is 9.59 Å². The van der Waals surface area contributed by atoms with Crippen LogP contribution < -0.4 is 5.32 Å². The molecule has 1 aromatic heterocycles. The lowest BCUT2D eigenvalue weighted by Gasteiger charge is -2.07. The first kappa shape index (κ1) is 13.5. The van der Waals surface area contributed by atoms with Crippen molar-refractivity contribution in [3.05, 3.63) is 44.9 Å². The average molecular weight is 297 g/mol. The summed E-state index contributed by atoms with van der Waals surface area (Å²) < 4.78 is 0. The van der Waals surface area contributed by atoms with Crippen LogP contribution in [0.15, 0.2) is 24.4 Å². The number of aromatic carboxylic acids is 1. The van der Waals surface area contributed by atoms with Gasteiger partial charge in [-0.2, -0.15) is 0 Å². The highest BCUT2D eigenvalue weighted by Crippen LogP contribution is 2.24. The molecule has 0 spiro atoms. The number of hydrogen-bond acceptors (Lipinski definition) is 4. The Morgan fingerprint density at radius 3 is 2.79 bits per heavy atom. The summed E-state index contributed by atoms with van der Waals surface area (Å²) in [5, 5.41) is 11.9. The lowest BCUT2D eigenvalue weighted by Crippen LogP contribution is -2.11. The molecule has 0 fully saturated rings. The van der Waals surface area contributed by atoms with E-state index in [-0.39, 0.29) is 9.88 Å². The number of halogens is 1. The van der Waals surface area contributed by atoms with Crippen LogP contribution in [-0.4, -0.2) is 22.0 Å². The van der Waals surface area contributed by atoms with E-state index in [0.717, 1.165) is 16.9 Å². The van der Waals surface area contributed by atoms with Crippen LogP contribution in [0.3, 0.4) is 0 Å². The van der Waals surface area contributed by atoms with Crippen molar-refractivity contribution in [2.45, 2.75) is 6.92 Å². The first-order valence-corrected chi connectivity index (χ1v) is 6.44. The van der Waals surface area contributed by atoms with E-state index in [0.29, 0.717) is 10.7 Å². The molecule has 1 heterocycles. The van der Waals surface area contributed by atoms with Crippen LogP contribution in [0.25, 0.3) is 0 Å². The van der Waals surface area contributed by atoms with Crippen molar-refractivity contribution in [2.24, 2.45) is 0 Å². The average Bonchev–Trinajstić information content (AvgIpc) is 2.84. The van der Waals surface area contributed by atoms with Gasteiger partial charge in [-0.1, -0.05) is 17.7 Å². The molecule has 5 nitrogen and oxygen atoms in total. The van der Waals surface area contributed by atoms with E-state index in [1.165, 1.54) is 6.20 Å². The number of aromatic nitrogens is 1. The van der Waals surface area contributed by atoms with Gasteiger partial charge in [0.05, 0.1) is 6.20 Å². The summed E-state index contributed by atoms with van der Waals surface area (Å²) in [5.41, 5.74) is 1.34. The van der Waals surface area contributed by atoms with Crippen LogP contribution in [0, 0.1) is 6.92 Å². The standard InChI is InChI=1S/C12H9ClN2O3S/c1-6-7(13)3-2-4-8(6)15-10(16)9-5-14-11(19-9)12(17)18/h2-5H,1H3,(H,15,16)(H,17,18). The summed E-state index contributed by atoms with van der Waals surface area (Å²) in [4.78, 5) is 26.5. The van der Waals surface area contributed by atoms with Gasteiger partial charge in [-0.3, -0.25) is 4.79 Å². The van der Waals surface area contributed by atoms with Crippen LogP contribution in [0.2, 0.25) is 5.02 Å². The summed E-state index contributed by atoms with van der Waals surface area (Å²) in [7, 11) is 0. The fourth-order valence-corrected chi connectivity index (χ4v) is 2.23. The predicted molar refractivity (Wildman–Crippen MR) is 73.2 cm³/mol. The monoisotopic (exact) mass is 296 g/mol. The van der Waals surface area contributed by atoms with Crippen molar-refractivity contribution in [3.63, 3.8) is 0 Å². The van der Waals surface area contributed by atoms with Crippen LogP contribution in [0.5, 0.6) is 0 Å². The Labute approximate surface area is 117 Å². The zero-order valence-electron chi connectivity index (χ0n) is 9.81. The Morgan fingerprint density at radius 1 is 1.42 bits per heavy atom. The Morgan fingerprint density at radius 2 is 2.16 bits per heavy atom. The number of hydrogen-bond donors (Lipinski definition) is 2. The van der Waals surface area contributed by atoms with Crippen molar-refractivity contribution in [1.82, 2.24) is 4.98 Å². The van der Waals surface area contributed by atoms with Crippen molar-refractivity contribution in [3.8, 4) is 0 Å². The molecule has 2 aromatic rings. The van der Waals surface area contributed by atoms with Crippen molar-refractivity contribution < 1.29 is 14.7 Å². The first-order valence-electron chi connectivity index (χ1n) is 5.24. The number of carboxylic acids is 1. The van der Waals surface area contributed by atoms with Crippen molar-refractivity contribution >= 4 is 40.5 Å². The number of carboxylic acid groups (broad SMARTS) is 1. The van der Waals surface area contributed by atoms with Gasteiger partial charge in [0, 0.05) is 10.7 Å². The normalized spacial score (nSPS) is 10.2. The lowest BCUT2D eigenvalue weighted by atomic mass is 10.2. The van der Waals surface area contributed by atoms with E-state index in [2.05, 4.69) is 10.3 Å². The zero-order valence-corrected chi connectivity index (χ0v) is 11.4. The van der Waals surface area contributed by atoms with Crippen LogP contribution >= 0.6 is 22.9 Å². The molecule has 0 bridgehead atoms. The Balaban J connectivity index is 2.21.